The first-order valence-electron chi connectivity index (χ1n) is 6.31. The van der Waals surface area contributed by atoms with Crippen LogP contribution in [0, 0.1) is 10.1 Å². The Morgan fingerprint density at radius 3 is 2.90 bits per heavy atom. The standard InChI is InChI=1S/C13H17N5O2/c1-3-11-9(8-17(2)16-11)7-15-12-6-4-5-10(14)13(12)18(19)20/h4-6,8,15H,3,7,14H2,1-2H3. The van der Waals surface area contributed by atoms with E-state index in [9.17, 15) is 10.1 Å². The van der Waals surface area contributed by atoms with E-state index in [-0.39, 0.29) is 11.4 Å². The molecule has 1 heterocycles. The SMILES string of the molecule is CCc1nn(C)cc1CNc1cccc(N)c1[N+](=O)[O-]. The van der Waals surface area contributed by atoms with Crippen molar-refractivity contribution in [3.8, 4) is 0 Å². The molecule has 0 unspecified atom stereocenters. The van der Waals surface area contributed by atoms with Gasteiger partial charge in [0.15, 0.2) is 0 Å². The van der Waals surface area contributed by atoms with Crippen molar-refractivity contribution >= 4 is 17.1 Å². The Hall–Kier alpha value is -2.57. The Bertz CT molecular complexity index is 636. The summed E-state index contributed by atoms with van der Waals surface area (Å²) < 4.78 is 1.74. The zero-order valence-electron chi connectivity index (χ0n) is 11.5. The van der Waals surface area contributed by atoms with E-state index >= 15 is 0 Å². The van der Waals surface area contributed by atoms with Gasteiger partial charge in [0.05, 0.1) is 10.6 Å². The molecule has 0 saturated heterocycles. The van der Waals surface area contributed by atoms with Crippen LogP contribution in [0.3, 0.4) is 0 Å². The van der Waals surface area contributed by atoms with Gasteiger partial charge in [-0.05, 0) is 18.6 Å². The van der Waals surface area contributed by atoms with E-state index in [1.54, 1.807) is 16.8 Å². The Morgan fingerprint density at radius 1 is 1.50 bits per heavy atom. The summed E-state index contributed by atoms with van der Waals surface area (Å²) in [6, 6.07) is 4.86. The highest BCUT2D eigenvalue weighted by Gasteiger charge is 2.17. The van der Waals surface area contributed by atoms with Gasteiger partial charge < -0.3 is 11.1 Å². The molecule has 2 rings (SSSR count). The predicted molar refractivity (Wildman–Crippen MR) is 77.4 cm³/mol. The molecule has 0 fully saturated rings. The molecule has 7 heteroatoms. The number of nitrogens with two attached hydrogens (primary N) is 1. The van der Waals surface area contributed by atoms with E-state index in [2.05, 4.69) is 10.4 Å². The maximum Gasteiger partial charge on any atom is 0.314 e. The van der Waals surface area contributed by atoms with Crippen LogP contribution < -0.4 is 11.1 Å². The van der Waals surface area contributed by atoms with E-state index in [1.807, 2.05) is 20.2 Å². The molecule has 0 bridgehead atoms. The number of aryl methyl sites for hydroxylation is 2. The number of anilines is 2. The molecule has 0 aliphatic carbocycles. The number of hydrogen-bond donors (Lipinski definition) is 2. The maximum atomic E-state index is 11.1. The highest BCUT2D eigenvalue weighted by molar-refractivity contribution is 5.74. The number of aromatic nitrogens is 2. The average Bonchev–Trinajstić information content (AvgIpc) is 2.76. The van der Waals surface area contributed by atoms with Gasteiger partial charge in [-0.1, -0.05) is 13.0 Å². The molecule has 0 atom stereocenters. The lowest BCUT2D eigenvalue weighted by molar-refractivity contribution is -0.383. The van der Waals surface area contributed by atoms with Crippen molar-refractivity contribution in [2.45, 2.75) is 19.9 Å². The fraction of sp³-hybridized carbons (Fsp3) is 0.308. The molecule has 7 nitrogen and oxygen atoms in total. The molecule has 1 aromatic heterocycles. The maximum absolute atomic E-state index is 11.1. The first-order valence-corrected chi connectivity index (χ1v) is 6.31. The number of hydrogen-bond acceptors (Lipinski definition) is 5. The largest absolute Gasteiger partial charge is 0.393 e. The van der Waals surface area contributed by atoms with Crippen LogP contribution in [-0.2, 0) is 20.0 Å². The van der Waals surface area contributed by atoms with Gasteiger partial charge in [-0.3, -0.25) is 14.8 Å². The Kier molecular flexibility index (Phi) is 3.88. The highest BCUT2D eigenvalue weighted by Crippen LogP contribution is 2.30. The summed E-state index contributed by atoms with van der Waals surface area (Å²) in [5, 5.41) is 18.4. The zero-order valence-corrected chi connectivity index (χ0v) is 11.5. The Labute approximate surface area is 116 Å². The minimum atomic E-state index is -0.471. The number of nitro groups is 1. The summed E-state index contributed by atoms with van der Waals surface area (Å²) >= 11 is 0. The van der Waals surface area contributed by atoms with E-state index < -0.39 is 4.92 Å². The van der Waals surface area contributed by atoms with E-state index in [0.29, 0.717) is 12.2 Å². The molecule has 1 aromatic carbocycles. The molecule has 0 aliphatic heterocycles. The van der Waals surface area contributed by atoms with Gasteiger partial charge >= 0.3 is 5.69 Å². The zero-order chi connectivity index (χ0) is 14.7. The third-order valence-corrected chi connectivity index (χ3v) is 3.05. The van der Waals surface area contributed by atoms with Gasteiger partial charge in [-0.25, -0.2) is 0 Å². The van der Waals surface area contributed by atoms with Crippen molar-refractivity contribution in [1.82, 2.24) is 9.78 Å². The Balaban J connectivity index is 2.23. The van der Waals surface area contributed by atoms with Gasteiger partial charge in [-0.15, -0.1) is 0 Å². The van der Waals surface area contributed by atoms with E-state index in [0.717, 1.165) is 17.7 Å². The third-order valence-electron chi connectivity index (χ3n) is 3.05. The Morgan fingerprint density at radius 2 is 2.25 bits per heavy atom. The number of nitrogen functional groups attached to an aromatic ring is 1. The van der Waals surface area contributed by atoms with Crippen molar-refractivity contribution in [2.24, 2.45) is 7.05 Å². The topological polar surface area (TPSA) is 99.0 Å². The second-order valence-corrected chi connectivity index (χ2v) is 4.48. The molecule has 20 heavy (non-hydrogen) atoms. The van der Waals surface area contributed by atoms with Crippen molar-refractivity contribution < 1.29 is 4.92 Å². The van der Waals surface area contributed by atoms with E-state index in [1.165, 1.54) is 6.07 Å². The molecule has 3 N–H and O–H groups in total. The lowest BCUT2D eigenvalue weighted by Gasteiger charge is -2.08. The number of benzene rings is 1. The summed E-state index contributed by atoms with van der Waals surface area (Å²) in [7, 11) is 1.85. The molecule has 0 amide bonds. The fourth-order valence-corrected chi connectivity index (χ4v) is 2.13. The number of nitrogens with one attached hydrogen (secondary N) is 1. The van der Waals surface area contributed by atoms with Crippen LogP contribution in [0.5, 0.6) is 0 Å². The summed E-state index contributed by atoms with van der Waals surface area (Å²) in [4.78, 5) is 10.6. The fourth-order valence-electron chi connectivity index (χ4n) is 2.13. The quantitative estimate of drug-likeness (QED) is 0.494. The summed E-state index contributed by atoms with van der Waals surface area (Å²) in [6.07, 6.45) is 2.72. The highest BCUT2D eigenvalue weighted by atomic mass is 16.6. The molecule has 2 aromatic rings. The lowest BCUT2D eigenvalue weighted by atomic mass is 10.2. The lowest BCUT2D eigenvalue weighted by Crippen LogP contribution is -2.05. The second kappa shape index (κ2) is 5.60. The first-order chi connectivity index (χ1) is 9.52. The molecule has 0 saturated carbocycles. The van der Waals surface area contributed by atoms with Gasteiger partial charge in [-0.2, -0.15) is 5.10 Å². The van der Waals surface area contributed by atoms with Crippen LogP contribution in [0.2, 0.25) is 0 Å². The number of para-hydroxylation sites is 1. The minimum Gasteiger partial charge on any atom is -0.393 e. The number of nitrogens with zero attached hydrogens (tertiary/aromatic N) is 3. The molecule has 106 valence electrons. The van der Waals surface area contributed by atoms with Crippen LogP contribution in [0.15, 0.2) is 24.4 Å². The van der Waals surface area contributed by atoms with Crippen LogP contribution in [0.1, 0.15) is 18.2 Å². The first kappa shape index (κ1) is 13.9. The third kappa shape index (κ3) is 2.71. The van der Waals surface area contributed by atoms with Crippen LogP contribution >= 0.6 is 0 Å². The van der Waals surface area contributed by atoms with Gasteiger partial charge in [0.2, 0.25) is 0 Å². The molecular formula is C13H17N5O2. The molecule has 0 radical (unpaired) electrons. The smallest absolute Gasteiger partial charge is 0.314 e. The number of rotatable bonds is 5. The van der Waals surface area contributed by atoms with Crippen LogP contribution in [0.25, 0.3) is 0 Å². The van der Waals surface area contributed by atoms with Crippen molar-refractivity contribution in [2.75, 3.05) is 11.1 Å². The number of nitro benzene ring substituents is 1. The molecule has 0 spiro atoms. The predicted octanol–water partition coefficient (Wildman–Crippen LogP) is 2.08. The normalized spacial score (nSPS) is 10.5. The molecule has 0 aliphatic rings. The van der Waals surface area contributed by atoms with Gasteiger partial charge in [0.1, 0.15) is 11.4 Å². The van der Waals surface area contributed by atoms with Crippen LogP contribution in [0.4, 0.5) is 17.1 Å². The summed E-state index contributed by atoms with van der Waals surface area (Å²) in [6.45, 7) is 2.50. The van der Waals surface area contributed by atoms with Crippen LogP contribution in [-0.4, -0.2) is 14.7 Å². The van der Waals surface area contributed by atoms with Gasteiger partial charge in [0, 0.05) is 25.4 Å². The van der Waals surface area contributed by atoms with Gasteiger partial charge in [0.25, 0.3) is 0 Å². The average molecular weight is 275 g/mol. The minimum absolute atomic E-state index is 0.0885. The summed E-state index contributed by atoms with van der Waals surface area (Å²) in [5.41, 5.74) is 8.14. The second-order valence-electron chi connectivity index (χ2n) is 4.48. The monoisotopic (exact) mass is 275 g/mol. The molecular weight excluding hydrogens is 258 g/mol. The van der Waals surface area contributed by atoms with Crippen molar-refractivity contribution in [3.63, 3.8) is 0 Å². The van der Waals surface area contributed by atoms with Crippen molar-refractivity contribution in [3.05, 3.63) is 45.8 Å². The summed E-state index contributed by atoms with van der Waals surface area (Å²) in [5.74, 6) is 0. The van der Waals surface area contributed by atoms with Crippen molar-refractivity contribution in [1.29, 1.82) is 0 Å². The van der Waals surface area contributed by atoms with E-state index in [4.69, 9.17) is 5.73 Å².